The lowest BCUT2D eigenvalue weighted by molar-refractivity contribution is -0.130. The number of rotatable bonds is 3. The Morgan fingerprint density at radius 2 is 1.95 bits per heavy atom. The van der Waals surface area contributed by atoms with Crippen molar-refractivity contribution in [3.05, 3.63) is 35.4 Å². The number of halogens is 2. The standard InChI is InChI=1S/C13H13F2NO3/c14-9-2-1-3-10(15)13(9)11(17)8-16-5-7-19-6-4-12(16)18/h1-3H,4-8H2. The number of ketones is 1. The summed E-state index contributed by atoms with van der Waals surface area (Å²) >= 11 is 0. The Morgan fingerprint density at radius 1 is 1.26 bits per heavy atom. The quantitative estimate of drug-likeness (QED) is 0.779. The molecule has 1 aliphatic heterocycles. The fourth-order valence-corrected chi connectivity index (χ4v) is 1.90. The van der Waals surface area contributed by atoms with Crippen LogP contribution in [0.1, 0.15) is 16.8 Å². The van der Waals surface area contributed by atoms with Crippen LogP contribution in [0.2, 0.25) is 0 Å². The zero-order valence-electron chi connectivity index (χ0n) is 10.2. The van der Waals surface area contributed by atoms with Crippen molar-refractivity contribution in [2.24, 2.45) is 0 Å². The maximum atomic E-state index is 13.4. The topological polar surface area (TPSA) is 46.6 Å². The summed E-state index contributed by atoms with van der Waals surface area (Å²) in [5, 5.41) is 0. The van der Waals surface area contributed by atoms with Crippen LogP contribution in [0, 0.1) is 11.6 Å². The molecule has 19 heavy (non-hydrogen) atoms. The number of nitrogens with zero attached hydrogens (tertiary/aromatic N) is 1. The van der Waals surface area contributed by atoms with Gasteiger partial charge in [-0.1, -0.05) is 6.07 Å². The van der Waals surface area contributed by atoms with Crippen LogP contribution in [-0.4, -0.2) is 42.9 Å². The summed E-state index contributed by atoms with van der Waals surface area (Å²) < 4.78 is 32.0. The second kappa shape index (κ2) is 5.88. The molecule has 0 aliphatic carbocycles. The minimum atomic E-state index is -0.913. The summed E-state index contributed by atoms with van der Waals surface area (Å²) in [5.41, 5.74) is -0.597. The lowest BCUT2D eigenvalue weighted by Crippen LogP contribution is -2.36. The summed E-state index contributed by atoms with van der Waals surface area (Å²) in [7, 11) is 0. The van der Waals surface area contributed by atoms with E-state index in [0.29, 0.717) is 13.2 Å². The van der Waals surface area contributed by atoms with Crippen molar-refractivity contribution in [2.45, 2.75) is 6.42 Å². The first kappa shape index (κ1) is 13.6. The van der Waals surface area contributed by atoms with Crippen molar-refractivity contribution in [3.8, 4) is 0 Å². The van der Waals surface area contributed by atoms with Gasteiger partial charge in [0.2, 0.25) is 5.91 Å². The number of hydrogen-bond donors (Lipinski definition) is 0. The third kappa shape index (κ3) is 3.14. The first-order valence-electron chi connectivity index (χ1n) is 5.92. The van der Waals surface area contributed by atoms with Gasteiger partial charge in [-0.05, 0) is 12.1 Å². The molecule has 1 fully saturated rings. The molecule has 0 bridgehead atoms. The van der Waals surface area contributed by atoms with Crippen LogP contribution >= 0.6 is 0 Å². The van der Waals surface area contributed by atoms with E-state index in [1.54, 1.807) is 0 Å². The maximum Gasteiger partial charge on any atom is 0.225 e. The lowest BCUT2D eigenvalue weighted by atomic mass is 10.1. The molecule has 6 heteroatoms. The van der Waals surface area contributed by atoms with E-state index >= 15 is 0 Å². The molecular weight excluding hydrogens is 256 g/mol. The van der Waals surface area contributed by atoms with Crippen LogP contribution in [0.25, 0.3) is 0 Å². The van der Waals surface area contributed by atoms with E-state index in [-0.39, 0.29) is 25.4 Å². The van der Waals surface area contributed by atoms with E-state index in [2.05, 4.69) is 0 Å². The van der Waals surface area contributed by atoms with Gasteiger partial charge in [-0.25, -0.2) is 8.78 Å². The van der Waals surface area contributed by atoms with Gasteiger partial charge in [0.25, 0.3) is 0 Å². The van der Waals surface area contributed by atoms with E-state index in [1.807, 2.05) is 0 Å². The Balaban J connectivity index is 2.14. The molecule has 1 saturated heterocycles. The molecule has 0 N–H and O–H groups in total. The molecule has 0 radical (unpaired) electrons. The first-order chi connectivity index (χ1) is 9.09. The minimum Gasteiger partial charge on any atom is -0.379 e. The fraction of sp³-hybridized carbons (Fsp3) is 0.385. The van der Waals surface area contributed by atoms with Crippen LogP contribution in [-0.2, 0) is 9.53 Å². The van der Waals surface area contributed by atoms with Gasteiger partial charge in [-0.15, -0.1) is 0 Å². The average molecular weight is 269 g/mol. The summed E-state index contributed by atoms with van der Waals surface area (Å²) in [4.78, 5) is 24.8. The largest absolute Gasteiger partial charge is 0.379 e. The second-order valence-corrected chi connectivity index (χ2v) is 4.20. The highest BCUT2D eigenvalue weighted by Gasteiger charge is 2.23. The zero-order chi connectivity index (χ0) is 13.8. The van der Waals surface area contributed by atoms with Gasteiger partial charge in [0, 0.05) is 6.54 Å². The zero-order valence-corrected chi connectivity index (χ0v) is 10.2. The molecule has 0 unspecified atom stereocenters. The highest BCUT2D eigenvalue weighted by atomic mass is 19.1. The SMILES string of the molecule is O=C(CN1CCOCCC1=O)c1c(F)cccc1F. The number of hydrogen-bond acceptors (Lipinski definition) is 3. The Labute approximate surface area is 109 Å². The minimum absolute atomic E-state index is 0.174. The van der Waals surface area contributed by atoms with E-state index in [1.165, 1.54) is 11.0 Å². The average Bonchev–Trinajstić information content (AvgIpc) is 2.55. The van der Waals surface area contributed by atoms with E-state index < -0.39 is 23.0 Å². The molecule has 1 amide bonds. The summed E-state index contributed by atoms with van der Waals surface area (Å²) in [6.07, 6.45) is 0.174. The monoisotopic (exact) mass is 269 g/mol. The van der Waals surface area contributed by atoms with Gasteiger partial charge in [-0.3, -0.25) is 9.59 Å². The highest BCUT2D eigenvalue weighted by Crippen LogP contribution is 2.14. The van der Waals surface area contributed by atoms with Gasteiger partial charge in [0.05, 0.1) is 31.7 Å². The number of Topliss-reactive ketones (excluding diaryl/α,β-unsaturated/α-hetero) is 1. The molecule has 0 aromatic heterocycles. The van der Waals surface area contributed by atoms with Crippen molar-refractivity contribution in [1.82, 2.24) is 4.90 Å². The first-order valence-corrected chi connectivity index (χ1v) is 5.92. The normalized spacial score (nSPS) is 16.3. The Hall–Kier alpha value is -1.82. The number of carbonyl (C=O) groups excluding carboxylic acids is 2. The van der Waals surface area contributed by atoms with Gasteiger partial charge < -0.3 is 9.64 Å². The third-order valence-electron chi connectivity index (χ3n) is 2.89. The maximum absolute atomic E-state index is 13.4. The van der Waals surface area contributed by atoms with Crippen LogP contribution in [0.3, 0.4) is 0 Å². The lowest BCUT2D eigenvalue weighted by Gasteiger charge is -2.19. The molecule has 1 aromatic carbocycles. The van der Waals surface area contributed by atoms with E-state index in [0.717, 1.165) is 12.1 Å². The van der Waals surface area contributed by atoms with Gasteiger partial charge in [0.1, 0.15) is 11.6 Å². The number of benzene rings is 1. The Kier molecular flexibility index (Phi) is 4.21. The summed E-state index contributed by atoms with van der Waals surface area (Å²) in [5.74, 6) is -2.82. The van der Waals surface area contributed by atoms with Crippen molar-refractivity contribution >= 4 is 11.7 Å². The van der Waals surface area contributed by atoms with Crippen molar-refractivity contribution < 1.29 is 23.1 Å². The number of amides is 1. The van der Waals surface area contributed by atoms with Gasteiger partial charge in [-0.2, -0.15) is 0 Å². The molecule has 4 nitrogen and oxygen atoms in total. The molecular formula is C13H13F2NO3. The van der Waals surface area contributed by atoms with Gasteiger partial charge >= 0.3 is 0 Å². The van der Waals surface area contributed by atoms with Crippen LogP contribution in [0.5, 0.6) is 0 Å². The number of carbonyl (C=O) groups is 2. The predicted molar refractivity (Wildman–Crippen MR) is 62.7 cm³/mol. The fourth-order valence-electron chi connectivity index (χ4n) is 1.90. The summed E-state index contributed by atoms with van der Waals surface area (Å²) in [6.45, 7) is 0.539. The molecule has 1 heterocycles. The molecule has 102 valence electrons. The van der Waals surface area contributed by atoms with Crippen LogP contribution in [0.15, 0.2) is 18.2 Å². The second-order valence-electron chi connectivity index (χ2n) is 4.20. The molecule has 1 aromatic rings. The summed E-state index contributed by atoms with van der Waals surface area (Å²) in [6, 6.07) is 3.22. The molecule has 0 atom stereocenters. The van der Waals surface area contributed by atoms with Crippen LogP contribution < -0.4 is 0 Å². The van der Waals surface area contributed by atoms with E-state index in [9.17, 15) is 18.4 Å². The van der Waals surface area contributed by atoms with Crippen molar-refractivity contribution in [3.63, 3.8) is 0 Å². The van der Waals surface area contributed by atoms with Crippen molar-refractivity contribution in [2.75, 3.05) is 26.3 Å². The van der Waals surface area contributed by atoms with E-state index in [4.69, 9.17) is 4.74 Å². The Morgan fingerprint density at radius 3 is 2.63 bits per heavy atom. The molecule has 2 rings (SSSR count). The smallest absolute Gasteiger partial charge is 0.225 e. The van der Waals surface area contributed by atoms with Gasteiger partial charge in [0.15, 0.2) is 5.78 Å². The number of ether oxygens (including phenoxy) is 1. The van der Waals surface area contributed by atoms with Crippen LogP contribution in [0.4, 0.5) is 8.78 Å². The third-order valence-corrected chi connectivity index (χ3v) is 2.89. The molecule has 0 spiro atoms. The van der Waals surface area contributed by atoms with Crippen molar-refractivity contribution in [1.29, 1.82) is 0 Å². The predicted octanol–water partition coefficient (Wildman–Crippen LogP) is 1.40. The molecule has 1 aliphatic rings. The molecule has 0 saturated carbocycles. The Bertz CT molecular complexity index is 484. The highest BCUT2D eigenvalue weighted by molar-refractivity contribution is 5.99.